The maximum atomic E-state index is 13.9. The molecule has 1 aliphatic heterocycles. The Kier molecular flexibility index (Phi) is 4.15. The third kappa shape index (κ3) is 2.04. The maximum absolute atomic E-state index is 13.9. The molecule has 1 saturated heterocycles. The SMILES string of the molecule is CC1=C2[C@@H](C)C(=O)[C@]3(C)C(O)CC4OCC4(O)C3C(C)C(O)(CC1O)C2(C)C. The highest BCUT2D eigenvalue weighted by atomic mass is 16.6. The number of aliphatic hydroxyl groups excluding tert-OH is 2. The van der Waals surface area contributed by atoms with Gasteiger partial charge in [-0.3, -0.25) is 4.79 Å². The first-order valence-corrected chi connectivity index (χ1v) is 10.4. The summed E-state index contributed by atoms with van der Waals surface area (Å²) in [6.45, 7) is 11.2. The number of rotatable bonds is 0. The standard InChI is InChI=1S/C22H34O6/c1-10-13(23)8-22(27)12(3)17-20(6,14(24)7-15-21(17,26)9-28-15)18(25)11(2)16(10)19(22,4)5/h11-15,17,23-24,26-27H,7-9H2,1-6H3/t11-,12?,13?,14?,15?,17?,20-,21?,22?/m1/s1. The molecule has 7 unspecified atom stereocenters. The van der Waals surface area contributed by atoms with Gasteiger partial charge in [0.15, 0.2) is 0 Å². The van der Waals surface area contributed by atoms with E-state index in [2.05, 4.69) is 0 Å². The number of fused-ring (bicyclic) bond motifs is 5. The first-order valence-electron chi connectivity index (χ1n) is 10.4. The number of hydrogen-bond donors (Lipinski definition) is 4. The summed E-state index contributed by atoms with van der Waals surface area (Å²) in [6, 6.07) is 0. The fourth-order valence-corrected chi connectivity index (χ4v) is 7.50. The molecule has 3 aliphatic carbocycles. The van der Waals surface area contributed by atoms with Crippen molar-refractivity contribution in [1.29, 1.82) is 0 Å². The molecular weight excluding hydrogens is 360 g/mol. The molecule has 6 nitrogen and oxygen atoms in total. The molecule has 0 spiro atoms. The van der Waals surface area contributed by atoms with Gasteiger partial charge in [0.1, 0.15) is 11.4 Å². The lowest BCUT2D eigenvalue weighted by Crippen LogP contribution is -2.78. The predicted molar refractivity (Wildman–Crippen MR) is 102 cm³/mol. The fourth-order valence-electron chi connectivity index (χ4n) is 7.50. The second-order valence-electron chi connectivity index (χ2n) is 10.5. The zero-order valence-corrected chi connectivity index (χ0v) is 17.7. The summed E-state index contributed by atoms with van der Waals surface area (Å²) >= 11 is 0. The molecule has 0 radical (unpaired) electrons. The van der Waals surface area contributed by atoms with Gasteiger partial charge in [0.05, 0.1) is 35.9 Å². The minimum atomic E-state index is -1.34. The van der Waals surface area contributed by atoms with E-state index in [1.165, 1.54) is 0 Å². The van der Waals surface area contributed by atoms with Crippen LogP contribution in [0.15, 0.2) is 11.1 Å². The van der Waals surface area contributed by atoms with Crippen molar-refractivity contribution in [3.05, 3.63) is 11.1 Å². The van der Waals surface area contributed by atoms with Crippen LogP contribution in [0, 0.1) is 28.6 Å². The van der Waals surface area contributed by atoms with Crippen molar-refractivity contribution in [2.75, 3.05) is 6.61 Å². The summed E-state index contributed by atoms with van der Waals surface area (Å²) in [7, 11) is 0. The molecule has 2 bridgehead atoms. The molecule has 4 aliphatic rings. The van der Waals surface area contributed by atoms with Gasteiger partial charge in [-0.1, -0.05) is 27.7 Å². The van der Waals surface area contributed by atoms with E-state index < -0.39 is 58.1 Å². The Morgan fingerprint density at radius 3 is 2.25 bits per heavy atom. The molecule has 6 heteroatoms. The van der Waals surface area contributed by atoms with Crippen LogP contribution in [0.1, 0.15) is 54.4 Å². The van der Waals surface area contributed by atoms with Crippen LogP contribution in [0.4, 0.5) is 0 Å². The Bertz CT molecular complexity index is 758. The number of hydrogen-bond acceptors (Lipinski definition) is 6. The van der Waals surface area contributed by atoms with Crippen molar-refractivity contribution in [2.45, 2.75) is 83.9 Å². The summed E-state index contributed by atoms with van der Waals surface area (Å²) in [4.78, 5) is 13.9. The van der Waals surface area contributed by atoms with Crippen molar-refractivity contribution < 1.29 is 30.0 Å². The van der Waals surface area contributed by atoms with Gasteiger partial charge in [-0.2, -0.15) is 0 Å². The van der Waals surface area contributed by atoms with Gasteiger partial charge in [0, 0.05) is 30.1 Å². The van der Waals surface area contributed by atoms with Crippen molar-refractivity contribution >= 4 is 5.78 Å². The molecule has 2 saturated carbocycles. The van der Waals surface area contributed by atoms with Crippen LogP contribution in [-0.2, 0) is 9.53 Å². The third-order valence-corrected chi connectivity index (χ3v) is 9.18. The maximum Gasteiger partial charge on any atom is 0.148 e. The van der Waals surface area contributed by atoms with Crippen LogP contribution < -0.4 is 0 Å². The van der Waals surface area contributed by atoms with E-state index in [9.17, 15) is 25.2 Å². The molecule has 158 valence electrons. The van der Waals surface area contributed by atoms with Gasteiger partial charge in [-0.05, 0) is 30.9 Å². The van der Waals surface area contributed by atoms with Crippen molar-refractivity contribution in [3.8, 4) is 0 Å². The first-order chi connectivity index (χ1) is 12.7. The molecule has 0 amide bonds. The van der Waals surface area contributed by atoms with E-state index in [-0.39, 0.29) is 25.2 Å². The summed E-state index contributed by atoms with van der Waals surface area (Å²) in [5.41, 5.74) is -3.07. The average Bonchev–Trinajstić information content (AvgIpc) is 2.60. The molecule has 9 atom stereocenters. The number of carbonyl (C=O) groups is 1. The lowest BCUT2D eigenvalue weighted by molar-refractivity contribution is -0.335. The molecule has 0 aromatic rings. The van der Waals surface area contributed by atoms with Gasteiger partial charge < -0.3 is 25.2 Å². The minimum absolute atomic E-state index is 0.0947. The number of carbonyl (C=O) groups excluding carboxylic acids is 1. The predicted octanol–water partition coefficient (Wildman–Crippen LogP) is 1.20. The molecule has 28 heavy (non-hydrogen) atoms. The summed E-state index contributed by atoms with van der Waals surface area (Å²) in [5.74, 6) is -1.91. The normalized spacial score (nSPS) is 55.6. The Morgan fingerprint density at radius 1 is 1.11 bits per heavy atom. The molecule has 1 heterocycles. The van der Waals surface area contributed by atoms with E-state index in [1.54, 1.807) is 13.8 Å². The van der Waals surface area contributed by atoms with Crippen LogP contribution in [0.25, 0.3) is 0 Å². The van der Waals surface area contributed by atoms with Crippen LogP contribution in [0.3, 0.4) is 0 Å². The first kappa shape index (κ1) is 20.5. The smallest absolute Gasteiger partial charge is 0.148 e. The minimum Gasteiger partial charge on any atom is -0.392 e. The van der Waals surface area contributed by atoms with Gasteiger partial charge >= 0.3 is 0 Å². The average molecular weight is 395 g/mol. The second-order valence-corrected chi connectivity index (χ2v) is 10.5. The number of aliphatic hydroxyl groups is 4. The number of ether oxygens (including phenoxy) is 1. The third-order valence-electron chi connectivity index (χ3n) is 9.18. The fraction of sp³-hybridized carbons (Fsp3) is 0.864. The van der Waals surface area contributed by atoms with E-state index >= 15 is 0 Å². The van der Waals surface area contributed by atoms with Gasteiger partial charge in [-0.25, -0.2) is 0 Å². The van der Waals surface area contributed by atoms with E-state index in [4.69, 9.17) is 4.74 Å². The van der Waals surface area contributed by atoms with Crippen molar-refractivity contribution in [3.63, 3.8) is 0 Å². The Balaban J connectivity index is 2.01. The Hall–Kier alpha value is -0.790. The summed E-state index contributed by atoms with van der Waals surface area (Å²) in [5, 5.41) is 45.4. The lowest BCUT2D eigenvalue weighted by Gasteiger charge is -2.67. The summed E-state index contributed by atoms with van der Waals surface area (Å²) < 4.78 is 5.55. The van der Waals surface area contributed by atoms with E-state index in [1.807, 2.05) is 27.7 Å². The van der Waals surface area contributed by atoms with E-state index in [0.717, 1.165) is 11.1 Å². The lowest BCUT2D eigenvalue weighted by atomic mass is 9.42. The zero-order chi connectivity index (χ0) is 21.0. The molecule has 0 aromatic heterocycles. The highest BCUT2D eigenvalue weighted by molar-refractivity contribution is 5.91. The highest BCUT2D eigenvalue weighted by Crippen LogP contribution is 2.64. The number of Topliss-reactive ketones (excluding diaryl/α,β-unsaturated/α-hetero) is 1. The molecule has 4 rings (SSSR count). The Morgan fingerprint density at radius 2 is 1.71 bits per heavy atom. The van der Waals surface area contributed by atoms with Crippen molar-refractivity contribution in [2.24, 2.45) is 28.6 Å². The quantitative estimate of drug-likeness (QED) is 0.460. The topological polar surface area (TPSA) is 107 Å². The van der Waals surface area contributed by atoms with Gasteiger partial charge in [-0.15, -0.1) is 0 Å². The highest BCUT2D eigenvalue weighted by Gasteiger charge is 2.73. The molecule has 3 fully saturated rings. The summed E-state index contributed by atoms with van der Waals surface area (Å²) in [6.07, 6.45) is -2.00. The number of ketones is 1. The molecule has 0 aromatic carbocycles. The van der Waals surface area contributed by atoms with Crippen LogP contribution in [-0.4, -0.2) is 62.3 Å². The van der Waals surface area contributed by atoms with Crippen LogP contribution in [0.2, 0.25) is 0 Å². The van der Waals surface area contributed by atoms with Gasteiger partial charge in [0.25, 0.3) is 0 Å². The second kappa shape index (κ2) is 5.67. The van der Waals surface area contributed by atoms with E-state index in [0.29, 0.717) is 0 Å². The molecular formula is C22H34O6. The zero-order valence-electron chi connectivity index (χ0n) is 17.7. The molecule has 4 N–H and O–H groups in total. The van der Waals surface area contributed by atoms with Crippen LogP contribution >= 0.6 is 0 Å². The van der Waals surface area contributed by atoms with Crippen molar-refractivity contribution in [1.82, 2.24) is 0 Å². The monoisotopic (exact) mass is 394 g/mol. The van der Waals surface area contributed by atoms with Gasteiger partial charge in [0.2, 0.25) is 0 Å². The largest absolute Gasteiger partial charge is 0.392 e. The Labute approximate surface area is 166 Å². The van der Waals surface area contributed by atoms with Crippen LogP contribution in [0.5, 0.6) is 0 Å².